The van der Waals surface area contributed by atoms with E-state index in [1.54, 1.807) is 24.3 Å². The number of rotatable bonds is 8. The van der Waals surface area contributed by atoms with Gasteiger partial charge in [-0.3, -0.25) is 19.1 Å². The summed E-state index contributed by atoms with van der Waals surface area (Å²) < 4.78 is 1.32. The molecule has 0 saturated heterocycles. The lowest BCUT2D eigenvalue weighted by Gasteiger charge is -2.24. The molecule has 0 radical (unpaired) electrons. The van der Waals surface area contributed by atoms with E-state index in [0.29, 0.717) is 24.5 Å². The van der Waals surface area contributed by atoms with Crippen LogP contribution < -0.4 is 21.9 Å². The largest absolute Gasteiger partial charge is 0.383 e. The van der Waals surface area contributed by atoms with Crippen LogP contribution in [0.1, 0.15) is 38.7 Å². The summed E-state index contributed by atoms with van der Waals surface area (Å²) in [6.07, 6.45) is 2.35. The van der Waals surface area contributed by atoms with Crippen molar-refractivity contribution in [3.63, 3.8) is 0 Å². The van der Waals surface area contributed by atoms with Gasteiger partial charge in [-0.25, -0.2) is 4.79 Å². The van der Waals surface area contributed by atoms with Crippen molar-refractivity contribution in [1.29, 1.82) is 0 Å². The molecule has 2 aromatic rings. The molecule has 0 fully saturated rings. The normalized spacial score (nSPS) is 10.8. The van der Waals surface area contributed by atoms with E-state index in [4.69, 9.17) is 17.3 Å². The SMILES string of the molecule is CCCCn1c(N)c(N(CCC)C(=O)Cc2ccc(Cl)cc2)c(=O)[nH]c1=O. The molecule has 8 heteroatoms. The lowest BCUT2D eigenvalue weighted by Crippen LogP contribution is -2.42. The van der Waals surface area contributed by atoms with Gasteiger partial charge in [0.15, 0.2) is 5.69 Å². The predicted octanol–water partition coefficient (Wildman–Crippen LogP) is 2.56. The Hall–Kier alpha value is -2.54. The number of aromatic nitrogens is 2. The number of anilines is 2. The molecule has 0 spiro atoms. The molecule has 0 aliphatic rings. The molecule has 0 saturated carbocycles. The van der Waals surface area contributed by atoms with E-state index in [-0.39, 0.29) is 23.8 Å². The van der Waals surface area contributed by atoms with Crippen LogP contribution in [0.2, 0.25) is 5.02 Å². The third-order valence-corrected chi connectivity index (χ3v) is 4.49. The molecule has 1 aromatic heterocycles. The minimum Gasteiger partial charge on any atom is -0.383 e. The minimum absolute atomic E-state index is 0.0232. The Labute approximate surface area is 162 Å². The van der Waals surface area contributed by atoms with E-state index < -0.39 is 11.2 Å². The van der Waals surface area contributed by atoms with Crippen LogP contribution in [0.4, 0.5) is 11.5 Å². The van der Waals surface area contributed by atoms with Crippen molar-refractivity contribution in [2.45, 2.75) is 46.1 Å². The van der Waals surface area contributed by atoms with Crippen LogP contribution in [-0.2, 0) is 17.8 Å². The first-order valence-corrected chi connectivity index (χ1v) is 9.44. The Morgan fingerprint density at radius 2 is 1.85 bits per heavy atom. The maximum absolute atomic E-state index is 12.9. The van der Waals surface area contributed by atoms with Crippen molar-refractivity contribution in [3.8, 4) is 0 Å². The molecule has 3 N–H and O–H groups in total. The Morgan fingerprint density at radius 3 is 2.44 bits per heavy atom. The van der Waals surface area contributed by atoms with Gasteiger partial charge in [-0.15, -0.1) is 0 Å². The molecule has 0 aliphatic heterocycles. The summed E-state index contributed by atoms with van der Waals surface area (Å²) in [6, 6.07) is 6.95. The number of carbonyl (C=O) groups is 1. The Bertz CT molecular complexity index is 903. The number of nitrogens with two attached hydrogens (primary N) is 1. The second-order valence-corrected chi connectivity index (χ2v) is 6.78. The number of carbonyl (C=O) groups excluding carboxylic acids is 1. The highest BCUT2D eigenvalue weighted by Crippen LogP contribution is 2.19. The van der Waals surface area contributed by atoms with E-state index in [1.165, 1.54) is 9.47 Å². The first kappa shape index (κ1) is 20.8. The van der Waals surface area contributed by atoms with Crippen molar-refractivity contribution in [2.75, 3.05) is 17.2 Å². The van der Waals surface area contributed by atoms with Gasteiger partial charge in [-0.2, -0.15) is 0 Å². The lowest BCUT2D eigenvalue weighted by molar-refractivity contribution is -0.118. The number of nitrogen functional groups attached to an aromatic ring is 1. The maximum Gasteiger partial charge on any atom is 0.330 e. The van der Waals surface area contributed by atoms with Gasteiger partial charge in [-0.1, -0.05) is 44.0 Å². The summed E-state index contributed by atoms with van der Waals surface area (Å²) in [5.74, 6) is -0.243. The average molecular weight is 393 g/mol. The topological polar surface area (TPSA) is 101 Å². The molecule has 0 atom stereocenters. The van der Waals surface area contributed by atoms with Gasteiger partial charge in [0.05, 0.1) is 6.42 Å². The average Bonchev–Trinajstić information content (AvgIpc) is 2.62. The molecule has 0 aliphatic carbocycles. The molecule has 27 heavy (non-hydrogen) atoms. The highest BCUT2D eigenvalue weighted by molar-refractivity contribution is 6.30. The Kier molecular flexibility index (Phi) is 7.24. The second kappa shape index (κ2) is 9.41. The second-order valence-electron chi connectivity index (χ2n) is 6.35. The molecule has 7 nitrogen and oxygen atoms in total. The smallest absolute Gasteiger partial charge is 0.330 e. The predicted molar refractivity (Wildman–Crippen MR) is 108 cm³/mol. The number of hydrogen-bond acceptors (Lipinski definition) is 4. The molecular weight excluding hydrogens is 368 g/mol. The number of unbranched alkanes of at least 4 members (excludes halogenated alkanes) is 1. The van der Waals surface area contributed by atoms with E-state index >= 15 is 0 Å². The van der Waals surface area contributed by atoms with Crippen LogP contribution in [-0.4, -0.2) is 22.0 Å². The zero-order valence-corrected chi connectivity index (χ0v) is 16.4. The van der Waals surface area contributed by atoms with Crippen LogP contribution in [0.5, 0.6) is 0 Å². The number of H-pyrrole nitrogens is 1. The third kappa shape index (κ3) is 5.01. The third-order valence-electron chi connectivity index (χ3n) is 4.24. The fourth-order valence-electron chi connectivity index (χ4n) is 2.83. The number of aromatic amines is 1. The number of benzene rings is 1. The number of nitrogens with zero attached hydrogens (tertiary/aromatic N) is 2. The van der Waals surface area contributed by atoms with Crippen molar-refractivity contribution in [2.24, 2.45) is 0 Å². The van der Waals surface area contributed by atoms with Crippen LogP contribution in [0.25, 0.3) is 0 Å². The van der Waals surface area contributed by atoms with E-state index in [1.807, 2.05) is 13.8 Å². The summed E-state index contributed by atoms with van der Waals surface area (Å²) in [7, 11) is 0. The molecule has 1 amide bonds. The van der Waals surface area contributed by atoms with Gasteiger partial charge in [0.1, 0.15) is 5.82 Å². The van der Waals surface area contributed by atoms with Gasteiger partial charge >= 0.3 is 5.69 Å². The van der Waals surface area contributed by atoms with Gasteiger partial charge in [0.25, 0.3) is 5.56 Å². The quantitative estimate of drug-likeness (QED) is 0.720. The first-order valence-electron chi connectivity index (χ1n) is 9.06. The minimum atomic E-state index is -0.650. The highest BCUT2D eigenvalue weighted by atomic mass is 35.5. The molecule has 146 valence electrons. The fraction of sp³-hybridized carbons (Fsp3) is 0.421. The molecule has 1 heterocycles. The van der Waals surface area contributed by atoms with Crippen molar-refractivity contribution in [1.82, 2.24) is 9.55 Å². The molecule has 0 unspecified atom stereocenters. The summed E-state index contributed by atoms with van der Waals surface area (Å²) in [5.41, 5.74) is 5.74. The van der Waals surface area contributed by atoms with Gasteiger partial charge in [-0.05, 0) is 30.5 Å². The highest BCUT2D eigenvalue weighted by Gasteiger charge is 2.23. The zero-order valence-electron chi connectivity index (χ0n) is 15.6. The molecular formula is C19H25ClN4O3. The summed E-state index contributed by atoms with van der Waals surface area (Å²) >= 11 is 5.88. The van der Waals surface area contributed by atoms with Crippen molar-refractivity contribution in [3.05, 3.63) is 55.7 Å². The zero-order chi connectivity index (χ0) is 20.0. The molecule has 0 bridgehead atoms. The number of halogens is 1. The fourth-order valence-corrected chi connectivity index (χ4v) is 2.96. The molecule has 2 rings (SSSR count). The summed E-state index contributed by atoms with van der Waals surface area (Å²) in [6.45, 7) is 4.61. The monoisotopic (exact) mass is 392 g/mol. The maximum atomic E-state index is 12.9. The van der Waals surface area contributed by atoms with E-state index in [2.05, 4.69) is 4.98 Å². The number of nitrogens with one attached hydrogen (secondary N) is 1. The first-order chi connectivity index (χ1) is 12.9. The van der Waals surface area contributed by atoms with Crippen molar-refractivity contribution < 1.29 is 4.79 Å². The van der Waals surface area contributed by atoms with Gasteiger partial charge < -0.3 is 10.6 Å². The van der Waals surface area contributed by atoms with E-state index in [0.717, 1.165) is 18.4 Å². The summed E-state index contributed by atoms with van der Waals surface area (Å²) in [4.78, 5) is 41.1. The van der Waals surface area contributed by atoms with Crippen LogP contribution in [0.15, 0.2) is 33.9 Å². The van der Waals surface area contributed by atoms with E-state index in [9.17, 15) is 14.4 Å². The van der Waals surface area contributed by atoms with Crippen LogP contribution in [0, 0.1) is 0 Å². The van der Waals surface area contributed by atoms with Gasteiger partial charge in [0.2, 0.25) is 5.91 Å². The standard InChI is InChI=1S/C19H25ClN4O3/c1-3-5-11-24-17(21)16(18(26)22-19(24)27)23(10-4-2)15(25)12-13-6-8-14(20)9-7-13/h6-9H,3-5,10-12,21H2,1-2H3,(H,22,26,27). The number of amides is 1. The Morgan fingerprint density at radius 1 is 1.19 bits per heavy atom. The van der Waals surface area contributed by atoms with Gasteiger partial charge in [0, 0.05) is 18.1 Å². The summed E-state index contributed by atoms with van der Waals surface area (Å²) in [5, 5.41) is 0.584. The Balaban J connectivity index is 2.42. The van der Waals surface area contributed by atoms with Crippen LogP contribution >= 0.6 is 11.6 Å². The lowest BCUT2D eigenvalue weighted by atomic mass is 10.1. The number of hydrogen-bond donors (Lipinski definition) is 2. The van der Waals surface area contributed by atoms with Crippen LogP contribution in [0.3, 0.4) is 0 Å². The molecule has 1 aromatic carbocycles. The van der Waals surface area contributed by atoms with Crippen molar-refractivity contribution >= 4 is 29.0 Å².